The zero-order chi connectivity index (χ0) is 38.3. The Labute approximate surface area is 314 Å². The van der Waals surface area contributed by atoms with Crippen LogP contribution in [0.15, 0.2) is 54.6 Å². The van der Waals surface area contributed by atoms with Crippen molar-refractivity contribution in [3.05, 3.63) is 71.3 Å². The summed E-state index contributed by atoms with van der Waals surface area (Å²) in [6, 6.07) is 17.2. The third kappa shape index (κ3) is 36.1. The van der Waals surface area contributed by atoms with Crippen LogP contribution in [-0.4, -0.2) is 40.4 Å². The summed E-state index contributed by atoms with van der Waals surface area (Å²) in [6.45, 7) is 5.11. The molecule has 0 saturated carbocycles. The van der Waals surface area contributed by atoms with Gasteiger partial charge in [0.2, 0.25) is 0 Å². The molecule has 0 spiro atoms. The first kappa shape index (κ1) is 48.2. The van der Waals surface area contributed by atoms with E-state index >= 15 is 0 Å². The van der Waals surface area contributed by atoms with Gasteiger partial charge in [-0.3, -0.25) is 0 Å². The number of hydrogen-bond acceptors (Lipinski definition) is 6. The molecule has 2 rings (SSSR count). The Bertz CT molecular complexity index is 1090. The highest BCUT2D eigenvalue weighted by Gasteiger charge is 2.00. The monoisotopic (exact) mass is 731 g/mol. The molecule has 0 amide bonds. The van der Waals surface area contributed by atoms with Crippen LogP contribution in [0.25, 0.3) is 0 Å². The molecular weight excluding hydrogens is 660 g/mol. The summed E-state index contributed by atoms with van der Waals surface area (Å²) in [7, 11) is 0. The summed E-state index contributed by atoms with van der Waals surface area (Å²) >= 11 is 0. The number of unbranched alkanes of at least 4 members (excludes halogenated alkanes) is 20. The first-order valence-electron chi connectivity index (χ1n) is 20.0. The van der Waals surface area contributed by atoms with E-state index in [0.717, 1.165) is 30.4 Å². The van der Waals surface area contributed by atoms with Gasteiger partial charge in [0.25, 0.3) is 0 Å². The third-order valence-electron chi connectivity index (χ3n) is 8.63. The lowest BCUT2D eigenvalue weighted by Crippen LogP contribution is -2.01. The molecule has 0 bridgehead atoms. The average molecular weight is 731 g/mol. The molecule has 0 saturated heterocycles. The van der Waals surface area contributed by atoms with Crippen molar-refractivity contribution in [2.24, 2.45) is 0 Å². The Morgan fingerprint density at radius 1 is 0.404 bits per heavy atom. The summed E-state index contributed by atoms with van der Waals surface area (Å²) in [4.78, 5) is 30.4. The van der Waals surface area contributed by atoms with Gasteiger partial charge in [0.1, 0.15) is 13.2 Å². The van der Waals surface area contributed by atoms with Crippen LogP contribution in [0.4, 0.5) is 14.4 Å². The summed E-state index contributed by atoms with van der Waals surface area (Å²) in [6.07, 6.45) is 26.6. The molecule has 0 aliphatic rings. The molecule has 0 heterocycles. The molecule has 0 aromatic heterocycles. The minimum Gasteiger partial charge on any atom is -0.450 e. The van der Waals surface area contributed by atoms with Crippen molar-refractivity contribution in [3.63, 3.8) is 0 Å². The number of ether oxygens (including phenoxy) is 3. The van der Waals surface area contributed by atoms with Crippen LogP contribution in [-0.2, 0) is 33.8 Å². The van der Waals surface area contributed by atoms with Gasteiger partial charge in [0.15, 0.2) is 0 Å². The van der Waals surface area contributed by atoms with Gasteiger partial charge in [-0.2, -0.15) is 0 Å². The van der Waals surface area contributed by atoms with Crippen LogP contribution in [0.2, 0.25) is 0 Å². The van der Waals surface area contributed by atoms with E-state index in [2.05, 4.69) is 40.2 Å². The van der Waals surface area contributed by atoms with Gasteiger partial charge in [-0.1, -0.05) is 197 Å². The van der Waals surface area contributed by atoms with E-state index in [9.17, 15) is 14.4 Å². The van der Waals surface area contributed by atoms with Crippen molar-refractivity contribution in [1.29, 1.82) is 0 Å². The van der Waals surface area contributed by atoms with Crippen molar-refractivity contribution in [1.82, 2.24) is 0 Å². The van der Waals surface area contributed by atoms with E-state index < -0.39 is 18.5 Å². The molecule has 9 heteroatoms. The largest absolute Gasteiger partial charge is 0.506 e. The zero-order valence-electron chi connectivity index (χ0n) is 32.4. The SMILES string of the molecule is CCCCCCCCCCCCCCCCCCOC(=O)O.CCCCCCCCc1ccc(COC(=O)O)cc1.O=C(O)OCc1ccccc1. The van der Waals surface area contributed by atoms with Crippen molar-refractivity contribution < 1.29 is 43.9 Å². The summed E-state index contributed by atoms with van der Waals surface area (Å²) < 4.78 is 13.3. The molecule has 0 radical (unpaired) electrons. The second kappa shape index (κ2) is 37.0. The first-order valence-corrected chi connectivity index (χ1v) is 20.0. The Balaban J connectivity index is 0.000000787. The highest BCUT2D eigenvalue weighted by atomic mass is 16.7. The molecule has 0 aliphatic carbocycles. The molecule has 3 N–H and O–H groups in total. The molecule has 2 aromatic rings. The zero-order valence-corrected chi connectivity index (χ0v) is 32.4. The number of rotatable bonds is 28. The van der Waals surface area contributed by atoms with E-state index in [-0.39, 0.29) is 13.2 Å². The van der Waals surface area contributed by atoms with Gasteiger partial charge in [-0.15, -0.1) is 0 Å². The molecular formula is C43H70O9. The molecule has 52 heavy (non-hydrogen) atoms. The molecule has 0 aliphatic heterocycles. The first-order chi connectivity index (χ1) is 25.3. The highest BCUT2D eigenvalue weighted by molar-refractivity contribution is 5.57. The smallest absolute Gasteiger partial charge is 0.450 e. The van der Waals surface area contributed by atoms with Crippen LogP contribution in [0.5, 0.6) is 0 Å². The van der Waals surface area contributed by atoms with Crippen LogP contribution >= 0.6 is 0 Å². The second-order valence-electron chi connectivity index (χ2n) is 13.3. The van der Waals surface area contributed by atoms with E-state index in [1.807, 2.05) is 42.5 Å². The molecule has 2 aromatic carbocycles. The lowest BCUT2D eigenvalue weighted by Gasteiger charge is -2.04. The van der Waals surface area contributed by atoms with E-state index in [1.165, 1.54) is 134 Å². The minimum absolute atomic E-state index is 0.121. The fourth-order valence-corrected chi connectivity index (χ4v) is 5.59. The lowest BCUT2D eigenvalue weighted by molar-refractivity contribution is 0.0842. The standard InChI is InChI=1S/C19H38O3.C16H24O3.C8H8O3/c1-2-3-4-5-6-7-8-9-10-11-12-13-14-15-16-17-18-22-19(20)21;1-2-3-4-5-6-7-8-14-9-11-15(12-10-14)13-19-16(17)18;9-8(10)11-6-7-4-2-1-3-5-7/h2-18H2,1H3,(H,20,21);9-12H,2-8,13H2,1H3,(H,17,18);1-5H,6H2,(H,9,10). The van der Waals surface area contributed by atoms with Crippen molar-refractivity contribution in [3.8, 4) is 0 Å². The Morgan fingerprint density at radius 2 is 0.731 bits per heavy atom. The lowest BCUT2D eigenvalue weighted by atomic mass is 10.0. The molecule has 9 nitrogen and oxygen atoms in total. The minimum atomic E-state index is -1.24. The summed E-state index contributed by atoms with van der Waals surface area (Å²) in [5.41, 5.74) is 3.07. The maximum Gasteiger partial charge on any atom is 0.506 e. The van der Waals surface area contributed by atoms with Crippen molar-refractivity contribution >= 4 is 18.5 Å². The van der Waals surface area contributed by atoms with E-state index in [1.54, 1.807) is 0 Å². The second-order valence-corrected chi connectivity index (χ2v) is 13.3. The van der Waals surface area contributed by atoms with E-state index in [4.69, 9.17) is 15.3 Å². The fraction of sp³-hybridized carbons (Fsp3) is 0.651. The average Bonchev–Trinajstić information content (AvgIpc) is 3.14. The van der Waals surface area contributed by atoms with Crippen LogP contribution < -0.4 is 0 Å². The van der Waals surface area contributed by atoms with Crippen LogP contribution in [0.3, 0.4) is 0 Å². The maximum absolute atomic E-state index is 10.3. The molecule has 296 valence electrons. The fourth-order valence-electron chi connectivity index (χ4n) is 5.59. The van der Waals surface area contributed by atoms with E-state index in [0.29, 0.717) is 6.61 Å². The third-order valence-corrected chi connectivity index (χ3v) is 8.63. The number of aryl methyl sites for hydroxylation is 1. The quantitative estimate of drug-likeness (QED) is 0.0443. The van der Waals surface area contributed by atoms with Gasteiger partial charge >= 0.3 is 18.5 Å². The van der Waals surface area contributed by atoms with Crippen molar-refractivity contribution in [2.45, 2.75) is 175 Å². The van der Waals surface area contributed by atoms with Gasteiger partial charge in [-0.05, 0) is 36.0 Å². The number of hydrogen-bond donors (Lipinski definition) is 3. The molecule has 0 unspecified atom stereocenters. The highest BCUT2D eigenvalue weighted by Crippen LogP contribution is 2.14. The summed E-state index contributed by atoms with van der Waals surface area (Å²) in [5, 5.41) is 24.9. The number of benzene rings is 2. The van der Waals surface area contributed by atoms with Crippen LogP contribution in [0, 0.1) is 0 Å². The predicted molar refractivity (Wildman–Crippen MR) is 209 cm³/mol. The predicted octanol–water partition coefficient (Wildman–Crippen LogP) is 13.6. The van der Waals surface area contributed by atoms with Gasteiger partial charge in [-0.25, -0.2) is 14.4 Å². The number of carboxylic acid groups (broad SMARTS) is 3. The normalized spacial score (nSPS) is 10.3. The summed E-state index contributed by atoms with van der Waals surface area (Å²) in [5.74, 6) is 0. The number of carbonyl (C=O) groups is 3. The van der Waals surface area contributed by atoms with Crippen molar-refractivity contribution in [2.75, 3.05) is 6.61 Å². The van der Waals surface area contributed by atoms with Gasteiger partial charge in [0, 0.05) is 0 Å². The van der Waals surface area contributed by atoms with Gasteiger partial charge in [0.05, 0.1) is 6.61 Å². The van der Waals surface area contributed by atoms with Gasteiger partial charge < -0.3 is 29.5 Å². The molecule has 0 atom stereocenters. The van der Waals surface area contributed by atoms with Crippen LogP contribution in [0.1, 0.15) is 172 Å². The Hall–Kier alpha value is -3.75. The topological polar surface area (TPSA) is 140 Å². The Morgan fingerprint density at radius 3 is 1.12 bits per heavy atom. The maximum atomic E-state index is 10.3. The Kier molecular flexibility index (Phi) is 34.4. The molecule has 0 fully saturated rings.